The lowest BCUT2D eigenvalue weighted by Gasteiger charge is -2.03. The normalized spacial score (nSPS) is 20.0. The van der Waals surface area contributed by atoms with E-state index < -0.39 is 18.1 Å². The quantitative estimate of drug-likeness (QED) is 0.177. The number of nitrogens with zero attached hydrogens (tertiary/aromatic N) is 1. The Bertz CT molecular complexity index is 256. The minimum Gasteiger partial charge on any atom is -0.628 e. The van der Waals surface area contributed by atoms with Gasteiger partial charge in [0.2, 0.25) is 12.2 Å². The third-order valence-corrected chi connectivity index (χ3v) is 1.37. The molecule has 1 atom stereocenters. The predicted octanol–water partition coefficient (Wildman–Crippen LogP) is -4.08. The summed E-state index contributed by atoms with van der Waals surface area (Å²) >= 11 is 1.87. The van der Waals surface area contributed by atoms with E-state index in [1.165, 1.54) is 0 Å². The van der Waals surface area contributed by atoms with Crippen LogP contribution in [0.2, 0.25) is 0 Å². The number of amides is 3. The highest BCUT2D eigenvalue weighted by atomic mass is 27.1. The van der Waals surface area contributed by atoms with Gasteiger partial charge in [-0.25, -0.2) is 9.79 Å². The molecule has 0 aromatic rings. The lowest BCUT2D eigenvalue weighted by atomic mass is 10.5. The molecular formula is C4H9AlN4O5. The molecule has 1 rings (SSSR count). The standard InChI is InChI=1S/C4H6N4O3.Al.2H2O/c5-3(10)6-1-2(9)8-4(11)7-1;;;/h1H,(H3,5,6,10)(H2,7,8,9,11);;2*1H2/q;+1;;/p-1. The van der Waals surface area contributed by atoms with Crippen molar-refractivity contribution in [2.75, 3.05) is 0 Å². The number of rotatable bonds is 1. The molecule has 1 fully saturated rings. The number of nitrogens with two attached hydrogens (primary N) is 1. The molecule has 10 heteroatoms. The number of hydrogen-bond donors (Lipinski definition) is 3. The second kappa shape index (κ2) is 6.17. The largest absolute Gasteiger partial charge is 0.628 e. The van der Waals surface area contributed by atoms with Gasteiger partial charge in [0.1, 0.15) is 0 Å². The van der Waals surface area contributed by atoms with E-state index in [-0.39, 0.29) is 17.0 Å². The molecular weight excluding hydrogens is 211 g/mol. The lowest BCUT2D eigenvalue weighted by Crippen LogP contribution is -2.30. The number of carbonyl (C=O) groups excluding carboxylic acids is 2. The molecule has 14 heavy (non-hydrogen) atoms. The van der Waals surface area contributed by atoms with Gasteiger partial charge in [0.15, 0.2) is 0 Å². The van der Waals surface area contributed by atoms with E-state index in [0.29, 0.717) is 0 Å². The Hall–Kier alpha value is -1.34. The van der Waals surface area contributed by atoms with Gasteiger partial charge in [-0.1, -0.05) is 0 Å². The maximum Gasteiger partial charge on any atom is 0.485 e. The van der Waals surface area contributed by atoms with E-state index in [0.717, 1.165) is 0 Å². The number of amidine groups is 1. The van der Waals surface area contributed by atoms with Crippen molar-refractivity contribution in [1.29, 1.82) is 0 Å². The molecule has 78 valence electrons. The number of imide groups is 1. The lowest BCUT2D eigenvalue weighted by molar-refractivity contribution is -0.120. The van der Waals surface area contributed by atoms with Crippen molar-refractivity contribution in [2.45, 2.75) is 6.17 Å². The molecule has 1 unspecified atom stereocenters. The minimum atomic E-state index is -0.988. The molecule has 0 aromatic heterocycles. The Labute approximate surface area is 87.1 Å². The second-order valence-corrected chi connectivity index (χ2v) is 2.19. The van der Waals surface area contributed by atoms with Crippen molar-refractivity contribution in [3.8, 4) is 0 Å². The Morgan fingerprint density at radius 3 is 2.43 bits per heavy atom. The third kappa shape index (κ3) is 3.59. The van der Waals surface area contributed by atoms with Crippen LogP contribution in [0, 0.1) is 0 Å². The van der Waals surface area contributed by atoms with Gasteiger partial charge in [-0.15, -0.1) is 0 Å². The number of nitrogens with one attached hydrogen (secondary N) is 2. The molecule has 9 nitrogen and oxygen atoms in total. The zero-order chi connectivity index (χ0) is 9.14. The highest BCUT2D eigenvalue weighted by Gasteiger charge is 2.29. The van der Waals surface area contributed by atoms with Crippen LogP contribution in [0.4, 0.5) is 4.79 Å². The molecule has 0 bridgehead atoms. The van der Waals surface area contributed by atoms with Gasteiger partial charge in [-0.05, 0) is 0 Å². The van der Waals surface area contributed by atoms with Crippen molar-refractivity contribution in [3.63, 3.8) is 0 Å². The molecule has 8 N–H and O–H groups in total. The first kappa shape index (κ1) is 15.1. The highest BCUT2D eigenvalue weighted by Crippen LogP contribution is 1.93. The molecule has 1 aliphatic rings. The average Bonchev–Trinajstić information content (AvgIpc) is 2.30. The van der Waals surface area contributed by atoms with E-state index in [1.54, 1.807) is 0 Å². The zero-order valence-corrected chi connectivity index (χ0v) is 8.06. The van der Waals surface area contributed by atoms with Crippen LogP contribution in [0.25, 0.3) is 0 Å². The van der Waals surface area contributed by atoms with Gasteiger partial charge in [-0.3, -0.25) is 10.1 Å². The third-order valence-electron chi connectivity index (χ3n) is 1.13. The summed E-state index contributed by atoms with van der Waals surface area (Å²) in [6.07, 6.45) is -0.988. The summed E-state index contributed by atoms with van der Waals surface area (Å²) in [5.74, 6) is -0.551. The van der Waals surface area contributed by atoms with Crippen LogP contribution >= 0.6 is 0 Å². The van der Waals surface area contributed by atoms with Gasteiger partial charge in [0.25, 0.3) is 5.91 Å². The highest BCUT2D eigenvalue weighted by molar-refractivity contribution is 6.07. The Kier molecular flexibility index (Phi) is 6.67. The zero-order valence-electron chi connectivity index (χ0n) is 6.90. The van der Waals surface area contributed by atoms with E-state index >= 15 is 0 Å². The second-order valence-electron chi connectivity index (χ2n) is 1.95. The van der Waals surface area contributed by atoms with Crippen LogP contribution in [0.5, 0.6) is 0 Å². The average molecular weight is 220 g/mol. The summed E-state index contributed by atoms with van der Waals surface area (Å²) in [7, 11) is 0. The van der Waals surface area contributed by atoms with E-state index in [9.17, 15) is 9.59 Å². The van der Waals surface area contributed by atoms with E-state index in [4.69, 9.17) is 5.73 Å². The van der Waals surface area contributed by atoms with Crippen LogP contribution in [-0.2, 0) is 8.58 Å². The fourth-order valence-electron chi connectivity index (χ4n) is 0.655. The van der Waals surface area contributed by atoms with Crippen LogP contribution in [0.1, 0.15) is 0 Å². The smallest absolute Gasteiger partial charge is 0.485 e. The molecule has 1 saturated heterocycles. The maximum absolute atomic E-state index is 10.8. The first-order chi connectivity index (χ1) is 5.63. The van der Waals surface area contributed by atoms with Crippen LogP contribution in [-0.4, -0.2) is 51.7 Å². The van der Waals surface area contributed by atoms with Crippen molar-refractivity contribution in [1.82, 2.24) is 10.6 Å². The van der Waals surface area contributed by atoms with Crippen LogP contribution in [0.15, 0.2) is 4.99 Å². The number of hydrogen-bond acceptors (Lipinski definition) is 4. The fourth-order valence-corrected chi connectivity index (χ4v) is 0.715. The number of aliphatic imine (C=N–C) groups is 1. The van der Waals surface area contributed by atoms with E-state index in [1.807, 2.05) is 21.9 Å². The van der Waals surface area contributed by atoms with Gasteiger partial charge < -0.3 is 25.8 Å². The monoisotopic (exact) mass is 220 g/mol. The predicted molar refractivity (Wildman–Crippen MR) is 46.2 cm³/mol. The molecule has 2 radical (unpaired) electrons. The Morgan fingerprint density at radius 1 is 1.50 bits per heavy atom. The summed E-state index contributed by atoms with van der Waals surface area (Å²) in [5.41, 5.74) is 5.14. The fraction of sp³-hybridized carbons (Fsp3) is 0.250. The van der Waals surface area contributed by atoms with E-state index in [2.05, 4.69) is 14.1 Å². The van der Waals surface area contributed by atoms with Crippen LogP contribution in [0.3, 0.4) is 0 Å². The summed E-state index contributed by atoms with van der Waals surface area (Å²) < 4.78 is 4.41. The van der Waals surface area contributed by atoms with Crippen molar-refractivity contribution < 1.29 is 24.3 Å². The van der Waals surface area contributed by atoms with Crippen molar-refractivity contribution >= 4 is 34.6 Å². The number of carbonyl (C=O) groups is 2. The molecule has 0 spiro atoms. The molecule has 1 heterocycles. The van der Waals surface area contributed by atoms with Crippen molar-refractivity contribution in [2.24, 2.45) is 10.7 Å². The maximum atomic E-state index is 10.8. The summed E-state index contributed by atoms with van der Waals surface area (Å²) in [4.78, 5) is 24.9. The van der Waals surface area contributed by atoms with Gasteiger partial charge >= 0.3 is 22.7 Å². The van der Waals surface area contributed by atoms with Crippen LogP contribution < -0.4 is 16.4 Å². The molecule has 1 aliphatic heterocycles. The number of urea groups is 1. The van der Waals surface area contributed by atoms with Gasteiger partial charge in [0, 0.05) is 0 Å². The minimum absolute atomic E-state index is 0. The molecule has 3 amide bonds. The Morgan fingerprint density at radius 2 is 2.07 bits per heavy atom. The SMILES string of the molecule is N/C(=N\C1NC(=O)NC1=O)[O][Al].O.O. The van der Waals surface area contributed by atoms with Gasteiger partial charge in [-0.2, -0.15) is 0 Å². The molecule has 0 aliphatic carbocycles. The molecule has 0 aromatic carbocycles. The molecule has 0 saturated carbocycles. The topological polar surface area (TPSA) is 169 Å². The summed E-state index contributed by atoms with van der Waals surface area (Å²) in [5, 5.41) is 4.19. The van der Waals surface area contributed by atoms with Crippen molar-refractivity contribution in [3.05, 3.63) is 0 Å². The van der Waals surface area contributed by atoms with Gasteiger partial charge in [0.05, 0.1) is 0 Å². The Balaban J connectivity index is 0. The first-order valence-corrected chi connectivity index (χ1v) is 3.42. The first-order valence-electron chi connectivity index (χ1n) is 2.95. The summed E-state index contributed by atoms with van der Waals surface area (Å²) in [6.45, 7) is 0. The summed E-state index contributed by atoms with van der Waals surface area (Å²) in [6, 6.07) is -0.785.